The van der Waals surface area contributed by atoms with Crippen molar-refractivity contribution in [1.29, 1.82) is 0 Å². The van der Waals surface area contributed by atoms with Gasteiger partial charge >= 0.3 is 12.6 Å². The molecule has 1 aliphatic rings. The number of halogens is 2. The molecule has 0 amide bonds. The van der Waals surface area contributed by atoms with Crippen LogP contribution in [0.3, 0.4) is 0 Å². The SMILES string of the molecule is CCC(CC(=O)Cc1ccc(OC(F)F)cc1)(C(=O)O)C1CC1. The van der Waals surface area contributed by atoms with Gasteiger partial charge in [-0.15, -0.1) is 0 Å². The van der Waals surface area contributed by atoms with Gasteiger partial charge in [0, 0.05) is 12.8 Å². The molecule has 1 aromatic carbocycles. The summed E-state index contributed by atoms with van der Waals surface area (Å²) in [6, 6.07) is 5.84. The summed E-state index contributed by atoms with van der Waals surface area (Å²) in [7, 11) is 0. The Morgan fingerprint density at radius 3 is 2.35 bits per heavy atom. The fourth-order valence-electron chi connectivity index (χ4n) is 3.03. The summed E-state index contributed by atoms with van der Waals surface area (Å²) < 4.78 is 28.4. The molecule has 0 aromatic heterocycles. The Hall–Kier alpha value is -1.98. The average molecular weight is 326 g/mol. The van der Waals surface area contributed by atoms with Crippen molar-refractivity contribution in [2.24, 2.45) is 11.3 Å². The van der Waals surface area contributed by atoms with E-state index < -0.39 is 18.0 Å². The fraction of sp³-hybridized carbons (Fsp3) is 0.529. The highest BCUT2D eigenvalue weighted by Crippen LogP contribution is 2.50. The molecule has 1 unspecified atom stereocenters. The molecule has 6 heteroatoms. The summed E-state index contributed by atoms with van der Waals surface area (Å²) in [5.74, 6) is -0.946. The molecule has 0 aliphatic heterocycles. The van der Waals surface area contributed by atoms with Crippen molar-refractivity contribution >= 4 is 11.8 Å². The molecule has 1 saturated carbocycles. The van der Waals surface area contributed by atoms with E-state index in [0.29, 0.717) is 12.0 Å². The van der Waals surface area contributed by atoms with Crippen LogP contribution in [0.15, 0.2) is 24.3 Å². The summed E-state index contributed by atoms with van der Waals surface area (Å²) in [6.07, 6.45) is 2.25. The third-order valence-electron chi connectivity index (χ3n) is 4.48. The number of ether oxygens (including phenoxy) is 1. The number of carbonyl (C=O) groups excluding carboxylic acids is 1. The number of alkyl halides is 2. The topological polar surface area (TPSA) is 63.6 Å². The van der Waals surface area contributed by atoms with Crippen LogP contribution in [-0.4, -0.2) is 23.5 Å². The predicted octanol–water partition coefficient (Wildman–Crippen LogP) is 3.68. The van der Waals surface area contributed by atoms with E-state index >= 15 is 0 Å². The van der Waals surface area contributed by atoms with Crippen molar-refractivity contribution < 1.29 is 28.2 Å². The van der Waals surface area contributed by atoms with Gasteiger partial charge in [0.1, 0.15) is 11.5 Å². The highest BCUT2D eigenvalue weighted by molar-refractivity contribution is 5.88. The molecule has 2 rings (SSSR count). The fourth-order valence-corrected chi connectivity index (χ4v) is 3.03. The van der Waals surface area contributed by atoms with Crippen molar-refractivity contribution in [3.63, 3.8) is 0 Å². The Morgan fingerprint density at radius 1 is 1.30 bits per heavy atom. The summed E-state index contributed by atoms with van der Waals surface area (Å²) in [6.45, 7) is -1.09. The molecule has 23 heavy (non-hydrogen) atoms. The molecule has 1 aliphatic carbocycles. The van der Waals surface area contributed by atoms with E-state index in [1.54, 1.807) is 19.1 Å². The van der Waals surface area contributed by atoms with Crippen molar-refractivity contribution in [2.45, 2.75) is 45.6 Å². The van der Waals surface area contributed by atoms with Crippen molar-refractivity contribution in [2.75, 3.05) is 0 Å². The van der Waals surface area contributed by atoms with Gasteiger partial charge in [-0.25, -0.2) is 0 Å². The van der Waals surface area contributed by atoms with Gasteiger partial charge in [0.2, 0.25) is 0 Å². The molecule has 1 atom stereocenters. The van der Waals surface area contributed by atoms with Crippen LogP contribution in [0.2, 0.25) is 0 Å². The Balaban J connectivity index is 1.99. The maximum atomic E-state index is 12.3. The minimum Gasteiger partial charge on any atom is -0.481 e. The Labute approximate surface area is 133 Å². The standard InChI is InChI=1S/C17H20F2O4/c1-2-17(15(21)22,12-5-6-12)10-13(20)9-11-3-7-14(8-4-11)23-16(18)19/h3-4,7-8,12,16H,2,5-6,9-10H2,1H3,(H,21,22). The second-order valence-electron chi connectivity index (χ2n) is 6.00. The largest absolute Gasteiger partial charge is 0.481 e. The first-order valence-corrected chi connectivity index (χ1v) is 7.66. The van der Waals surface area contributed by atoms with Gasteiger partial charge in [-0.3, -0.25) is 9.59 Å². The molecule has 1 aromatic rings. The lowest BCUT2D eigenvalue weighted by atomic mass is 9.75. The number of ketones is 1. The molecule has 0 spiro atoms. The van der Waals surface area contributed by atoms with Gasteiger partial charge < -0.3 is 9.84 Å². The lowest BCUT2D eigenvalue weighted by Gasteiger charge is -2.27. The molecule has 1 N–H and O–H groups in total. The van der Waals surface area contributed by atoms with Gasteiger partial charge in [-0.2, -0.15) is 8.78 Å². The van der Waals surface area contributed by atoms with E-state index in [0.717, 1.165) is 12.8 Å². The third-order valence-corrected chi connectivity index (χ3v) is 4.48. The van der Waals surface area contributed by atoms with Crippen molar-refractivity contribution in [3.05, 3.63) is 29.8 Å². The Morgan fingerprint density at radius 2 is 1.91 bits per heavy atom. The van der Waals surface area contributed by atoms with Gasteiger partial charge in [-0.05, 0) is 42.9 Å². The zero-order chi connectivity index (χ0) is 17.0. The zero-order valence-electron chi connectivity index (χ0n) is 12.9. The van der Waals surface area contributed by atoms with E-state index in [9.17, 15) is 23.5 Å². The third kappa shape index (κ3) is 4.27. The summed E-state index contributed by atoms with van der Waals surface area (Å²) in [4.78, 5) is 23.9. The summed E-state index contributed by atoms with van der Waals surface area (Å²) >= 11 is 0. The summed E-state index contributed by atoms with van der Waals surface area (Å²) in [5.41, 5.74) is -0.307. The van der Waals surface area contributed by atoms with Crippen molar-refractivity contribution in [3.8, 4) is 5.75 Å². The molecule has 0 saturated heterocycles. The van der Waals surface area contributed by atoms with E-state index in [2.05, 4.69) is 4.74 Å². The highest BCUT2D eigenvalue weighted by Gasteiger charge is 2.50. The molecule has 0 bridgehead atoms. The van der Waals surface area contributed by atoms with E-state index in [1.807, 2.05) is 0 Å². The van der Waals surface area contributed by atoms with Gasteiger partial charge in [-0.1, -0.05) is 19.1 Å². The number of carboxylic acids is 1. The number of hydrogen-bond acceptors (Lipinski definition) is 3. The van der Waals surface area contributed by atoms with Crippen LogP contribution >= 0.6 is 0 Å². The predicted molar refractivity (Wildman–Crippen MR) is 79.5 cm³/mol. The molecule has 4 nitrogen and oxygen atoms in total. The van der Waals surface area contributed by atoms with Crippen LogP contribution in [0.25, 0.3) is 0 Å². The maximum Gasteiger partial charge on any atom is 0.387 e. The van der Waals surface area contributed by atoms with Crippen LogP contribution < -0.4 is 4.74 Å². The lowest BCUT2D eigenvalue weighted by Crippen LogP contribution is -2.35. The Bertz CT molecular complexity index is 566. The molecule has 0 heterocycles. The van der Waals surface area contributed by atoms with E-state index in [4.69, 9.17) is 0 Å². The molecule has 1 fully saturated rings. The number of Topliss-reactive ketones (excluding diaryl/α,β-unsaturated/α-hetero) is 1. The van der Waals surface area contributed by atoms with Gasteiger partial charge in [0.25, 0.3) is 0 Å². The Kier molecular flexibility index (Phi) is 5.34. The first-order valence-electron chi connectivity index (χ1n) is 7.66. The zero-order valence-corrected chi connectivity index (χ0v) is 12.9. The van der Waals surface area contributed by atoms with Crippen molar-refractivity contribution in [1.82, 2.24) is 0 Å². The number of carbonyl (C=O) groups is 2. The number of carboxylic acid groups (broad SMARTS) is 1. The highest BCUT2D eigenvalue weighted by atomic mass is 19.3. The minimum absolute atomic E-state index is 0.0127. The second-order valence-corrected chi connectivity index (χ2v) is 6.00. The van der Waals surface area contributed by atoms with Crippen LogP contribution in [0, 0.1) is 11.3 Å². The van der Waals surface area contributed by atoms with Crippen LogP contribution in [0.4, 0.5) is 8.78 Å². The van der Waals surface area contributed by atoms with Gasteiger partial charge in [0.15, 0.2) is 0 Å². The quantitative estimate of drug-likeness (QED) is 0.752. The maximum absolute atomic E-state index is 12.3. The number of hydrogen-bond donors (Lipinski definition) is 1. The summed E-state index contributed by atoms with van der Waals surface area (Å²) in [5, 5.41) is 9.53. The number of aliphatic carboxylic acids is 1. The molecular formula is C17H20F2O4. The minimum atomic E-state index is -2.89. The second kappa shape index (κ2) is 7.06. The first kappa shape index (κ1) is 17.4. The van der Waals surface area contributed by atoms with Crippen LogP contribution in [-0.2, 0) is 16.0 Å². The number of rotatable bonds is 9. The van der Waals surface area contributed by atoms with Crippen LogP contribution in [0.1, 0.15) is 38.2 Å². The molecule has 126 valence electrons. The normalized spacial score (nSPS) is 16.9. The van der Waals surface area contributed by atoms with E-state index in [1.165, 1.54) is 12.1 Å². The van der Waals surface area contributed by atoms with E-state index in [-0.39, 0.29) is 30.3 Å². The smallest absolute Gasteiger partial charge is 0.387 e. The monoisotopic (exact) mass is 326 g/mol. The average Bonchev–Trinajstić information content (AvgIpc) is 3.31. The molecule has 0 radical (unpaired) electrons. The lowest BCUT2D eigenvalue weighted by molar-refractivity contribution is -0.153. The first-order chi connectivity index (χ1) is 10.9. The van der Waals surface area contributed by atoms with Gasteiger partial charge in [0.05, 0.1) is 5.41 Å². The molecular weight excluding hydrogens is 306 g/mol. The number of benzene rings is 1. The van der Waals surface area contributed by atoms with Crippen LogP contribution in [0.5, 0.6) is 5.75 Å².